The Labute approximate surface area is 97.5 Å². The van der Waals surface area contributed by atoms with Gasteiger partial charge in [-0.25, -0.2) is 9.07 Å². The zero-order chi connectivity index (χ0) is 11.5. The van der Waals surface area contributed by atoms with Crippen molar-refractivity contribution in [3.63, 3.8) is 0 Å². The number of nitrogen functional groups attached to an aromatic ring is 1. The molecule has 84 valence electrons. The molecule has 0 unspecified atom stereocenters. The number of hydrogen-bond donors (Lipinski definition) is 1. The predicted molar refractivity (Wildman–Crippen MR) is 63.9 cm³/mol. The van der Waals surface area contributed by atoms with Crippen LogP contribution in [0.25, 0.3) is 0 Å². The molecule has 0 fully saturated rings. The van der Waals surface area contributed by atoms with E-state index in [-0.39, 0.29) is 5.82 Å². The van der Waals surface area contributed by atoms with Crippen LogP contribution in [-0.4, -0.2) is 16.0 Å². The summed E-state index contributed by atoms with van der Waals surface area (Å²) in [4.78, 5) is 0.941. The SMILES string of the molecule is CSc1cnn(Cc2cccc(F)c2)c1N. The zero-order valence-corrected chi connectivity index (χ0v) is 9.67. The quantitative estimate of drug-likeness (QED) is 0.833. The van der Waals surface area contributed by atoms with E-state index in [0.717, 1.165) is 10.5 Å². The summed E-state index contributed by atoms with van der Waals surface area (Å²) in [7, 11) is 0. The molecule has 1 heterocycles. The lowest BCUT2D eigenvalue weighted by Gasteiger charge is -2.04. The summed E-state index contributed by atoms with van der Waals surface area (Å²) in [6, 6.07) is 6.44. The van der Waals surface area contributed by atoms with Gasteiger partial charge in [0.2, 0.25) is 0 Å². The first-order valence-electron chi connectivity index (χ1n) is 4.80. The molecule has 2 aromatic rings. The molecule has 2 N–H and O–H groups in total. The largest absolute Gasteiger partial charge is 0.383 e. The lowest BCUT2D eigenvalue weighted by atomic mass is 10.2. The van der Waals surface area contributed by atoms with Gasteiger partial charge in [-0.2, -0.15) is 5.10 Å². The fourth-order valence-electron chi connectivity index (χ4n) is 1.47. The van der Waals surface area contributed by atoms with Crippen molar-refractivity contribution in [1.82, 2.24) is 9.78 Å². The van der Waals surface area contributed by atoms with Crippen LogP contribution >= 0.6 is 11.8 Å². The Morgan fingerprint density at radius 2 is 2.31 bits per heavy atom. The molecule has 5 heteroatoms. The number of halogens is 1. The van der Waals surface area contributed by atoms with Gasteiger partial charge in [0, 0.05) is 0 Å². The molecule has 1 aromatic heterocycles. The maximum absolute atomic E-state index is 13.0. The predicted octanol–water partition coefficient (Wildman–Crippen LogP) is 2.37. The van der Waals surface area contributed by atoms with Crippen LogP contribution in [0.1, 0.15) is 5.56 Å². The number of aromatic nitrogens is 2. The first-order chi connectivity index (χ1) is 7.70. The number of benzene rings is 1. The second kappa shape index (κ2) is 4.57. The third kappa shape index (κ3) is 2.19. The zero-order valence-electron chi connectivity index (χ0n) is 8.85. The van der Waals surface area contributed by atoms with Crippen molar-refractivity contribution in [2.75, 3.05) is 12.0 Å². The van der Waals surface area contributed by atoms with E-state index in [1.807, 2.05) is 12.3 Å². The highest BCUT2D eigenvalue weighted by Crippen LogP contribution is 2.22. The molecule has 0 bridgehead atoms. The summed E-state index contributed by atoms with van der Waals surface area (Å²) in [6.45, 7) is 0.490. The summed E-state index contributed by atoms with van der Waals surface area (Å²) in [5, 5.41) is 4.16. The van der Waals surface area contributed by atoms with Crippen LogP contribution in [-0.2, 0) is 6.54 Å². The van der Waals surface area contributed by atoms with Gasteiger partial charge in [0.15, 0.2) is 0 Å². The van der Waals surface area contributed by atoms with Gasteiger partial charge in [-0.05, 0) is 24.0 Å². The summed E-state index contributed by atoms with van der Waals surface area (Å²) in [6.07, 6.45) is 3.67. The Bertz CT molecular complexity index is 496. The Balaban J connectivity index is 2.24. The van der Waals surface area contributed by atoms with Crippen molar-refractivity contribution < 1.29 is 4.39 Å². The second-order valence-electron chi connectivity index (χ2n) is 3.39. The highest BCUT2D eigenvalue weighted by molar-refractivity contribution is 7.98. The van der Waals surface area contributed by atoms with E-state index in [4.69, 9.17) is 5.73 Å². The van der Waals surface area contributed by atoms with Gasteiger partial charge < -0.3 is 5.73 Å². The van der Waals surface area contributed by atoms with E-state index < -0.39 is 0 Å². The molecule has 0 amide bonds. The number of nitrogens with two attached hydrogens (primary N) is 1. The van der Waals surface area contributed by atoms with E-state index in [1.54, 1.807) is 28.7 Å². The lowest BCUT2D eigenvalue weighted by molar-refractivity contribution is 0.620. The van der Waals surface area contributed by atoms with Crippen LogP contribution < -0.4 is 5.73 Å². The van der Waals surface area contributed by atoms with E-state index in [1.165, 1.54) is 12.1 Å². The van der Waals surface area contributed by atoms with Crippen LogP contribution in [0.2, 0.25) is 0 Å². The second-order valence-corrected chi connectivity index (χ2v) is 4.23. The van der Waals surface area contributed by atoms with Crippen LogP contribution in [0.4, 0.5) is 10.2 Å². The van der Waals surface area contributed by atoms with Gasteiger partial charge in [0.05, 0.1) is 17.6 Å². The lowest BCUT2D eigenvalue weighted by Crippen LogP contribution is -2.06. The summed E-state index contributed by atoms with van der Waals surface area (Å²) in [5.41, 5.74) is 6.74. The first-order valence-corrected chi connectivity index (χ1v) is 6.03. The summed E-state index contributed by atoms with van der Waals surface area (Å²) >= 11 is 1.55. The van der Waals surface area contributed by atoms with Crippen molar-refractivity contribution in [1.29, 1.82) is 0 Å². The van der Waals surface area contributed by atoms with Crippen molar-refractivity contribution in [3.05, 3.63) is 41.8 Å². The number of anilines is 1. The van der Waals surface area contributed by atoms with E-state index in [0.29, 0.717) is 12.4 Å². The van der Waals surface area contributed by atoms with Gasteiger partial charge in [-0.15, -0.1) is 11.8 Å². The number of thioether (sulfide) groups is 1. The molecule has 2 rings (SSSR count). The molecule has 0 aliphatic heterocycles. The summed E-state index contributed by atoms with van der Waals surface area (Å²) < 4.78 is 14.6. The molecular weight excluding hydrogens is 225 g/mol. The minimum atomic E-state index is -0.242. The van der Waals surface area contributed by atoms with E-state index >= 15 is 0 Å². The average Bonchev–Trinajstić information content (AvgIpc) is 2.60. The smallest absolute Gasteiger partial charge is 0.135 e. The monoisotopic (exact) mass is 237 g/mol. The molecule has 0 atom stereocenters. The normalized spacial score (nSPS) is 10.6. The molecule has 0 aliphatic rings. The van der Waals surface area contributed by atoms with Gasteiger partial charge >= 0.3 is 0 Å². The van der Waals surface area contributed by atoms with Crippen LogP contribution in [0.3, 0.4) is 0 Å². The van der Waals surface area contributed by atoms with Gasteiger partial charge in [0.25, 0.3) is 0 Å². The Morgan fingerprint density at radius 3 is 2.94 bits per heavy atom. The Kier molecular flexibility index (Phi) is 3.14. The fraction of sp³-hybridized carbons (Fsp3) is 0.182. The molecule has 0 saturated heterocycles. The third-order valence-corrected chi connectivity index (χ3v) is 3.04. The van der Waals surface area contributed by atoms with E-state index in [2.05, 4.69) is 5.10 Å². The molecule has 0 saturated carbocycles. The van der Waals surface area contributed by atoms with Crippen LogP contribution in [0, 0.1) is 5.82 Å². The number of rotatable bonds is 3. The highest BCUT2D eigenvalue weighted by Gasteiger charge is 2.06. The number of nitrogens with zero attached hydrogens (tertiary/aromatic N) is 2. The molecule has 1 aromatic carbocycles. The molecule has 0 spiro atoms. The van der Waals surface area contributed by atoms with Gasteiger partial charge in [0.1, 0.15) is 11.6 Å². The molecule has 16 heavy (non-hydrogen) atoms. The summed E-state index contributed by atoms with van der Waals surface area (Å²) in [5.74, 6) is 0.380. The molecular formula is C11H12FN3S. The van der Waals surface area contributed by atoms with Crippen LogP contribution in [0.15, 0.2) is 35.4 Å². The fourth-order valence-corrected chi connectivity index (χ4v) is 1.94. The molecule has 3 nitrogen and oxygen atoms in total. The average molecular weight is 237 g/mol. The van der Waals surface area contributed by atoms with Gasteiger partial charge in [-0.1, -0.05) is 12.1 Å². The van der Waals surface area contributed by atoms with Crippen molar-refractivity contribution in [2.45, 2.75) is 11.4 Å². The minimum Gasteiger partial charge on any atom is -0.383 e. The number of hydrogen-bond acceptors (Lipinski definition) is 3. The maximum Gasteiger partial charge on any atom is 0.135 e. The first kappa shape index (κ1) is 11.0. The third-order valence-electron chi connectivity index (χ3n) is 2.29. The standard InChI is InChI=1S/C11H12FN3S/c1-16-10-6-14-15(11(10)13)7-8-3-2-4-9(12)5-8/h2-6H,7,13H2,1H3. The van der Waals surface area contributed by atoms with Crippen molar-refractivity contribution in [2.24, 2.45) is 0 Å². The van der Waals surface area contributed by atoms with Crippen molar-refractivity contribution in [3.8, 4) is 0 Å². The highest BCUT2D eigenvalue weighted by atomic mass is 32.2. The van der Waals surface area contributed by atoms with Crippen LogP contribution in [0.5, 0.6) is 0 Å². The maximum atomic E-state index is 13.0. The van der Waals surface area contributed by atoms with Crippen molar-refractivity contribution >= 4 is 17.6 Å². The Hall–Kier alpha value is -1.49. The Morgan fingerprint density at radius 1 is 1.50 bits per heavy atom. The van der Waals surface area contributed by atoms with Gasteiger partial charge in [-0.3, -0.25) is 0 Å². The van der Waals surface area contributed by atoms with E-state index in [9.17, 15) is 4.39 Å². The molecule has 0 aliphatic carbocycles. The minimum absolute atomic E-state index is 0.242. The topological polar surface area (TPSA) is 43.8 Å². The molecule has 0 radical (unpaired) electrons.